The van der Waals surface area contributed by atoms with Crippen LogP contribution in [0.1, 0.15) is 21.9 Å². The van der Waals surface area contributed by atoms with Gasteiger partial charge in [0.1, 0.15) is 30.8 Å². The Morgan fingerprint density at radius 2 is 2.00 bits per heavy atom. The van der Waals surface area contributed by atoms with Crippen LogP contribution in [0.25, 0.3) is 0 Å². The number of pyridine rings is 1. The molecule has 2 aliphatic heterocycles. The van der Waals surface area contributed by atoms with Gasteiger partial charge in [-0.3, -0.25) is 14.7 Å². The molecule has 1 amide bonds. The molecule has 36 heavy (non-hydrogen) atoms. The number of nitrogens with zero attached hydrogens (tertiary/aromatic N) is 3. The van der Waals surface area contributed by atoms with E-state index in [0.717, 1.165) is 37.5 Å². The summed E-state index contributed by atoms with van der Waals surface area (Å²) < 4.78 is 23.5. The highest BCUT2D eigenvalue weighted by molar-refractivity contribution is 6.30. The van der Waals surface area contributed by atoms with E-state index in [1.165, 1.54) is 0 Å². The molecule has 0 saturated carbocycles. The maximum atomic E-state index is 12.6. The molecular weight excluding hydrogens is 484 g/mol. The molecule has 4 heterocycles. The second-order valence-electron chi connectivity index (χ2n) is 9.01. The molecule has 5 rings (SSSR count). The van der Waals surface area contributed by atoms with Crippen molar-refractivity contribution in [3.05, 3.63) is 70.9 Å². The van der Waals surface area contributed by atoms with Gasteiger partial charge < -0.3 is 28.8 Å². The summed E-state index contributed by atoms with van der Waals surface area (Å²) in [6.07, 6.45) is 2.94. The fourth-order valence-electron chi connectivity index (χ4n) is 4.09. The molecule has 190 valence electrons. The molecule has 2 aliphatic rings. The summed E-state index contributed by atoms with van der Waals surface area (Å²) in [7, 11) is 2.12. The fourth-order valence-corrected chi connectivity index (χ4v) is 4.29. The molecule has 0 bridgehead atoms. The number of halogens is 1. The number of nitrogens with one attached hydrogen (secondary N) is 1. The van der Waals surface area contributed by atoms with E-state index in [1.807, 2.05) is 12.1 Å². The van der Waals surface area contributed by atoms with Gasteiger partial charge >= 0.3 is 0 Å². The van der Waals surface area contributed by atoms with Crippen LogP contribution >= 0.6 is 11.6 Å². The van der Waals surface area contributed by atoms with Crippen LogP contribution in [0.5, 0.6) is 17.2 Å². The van der Waals surface area contributed by atoms with Gasteiger partial charge in [-0.1, -0.05) is 11.6 Å². The van der Waals surface area contributed by atoms with Crippen LogP contribution in [0.2, 0.25) is 5.02 Å². The first-order valence-electron chi connectivity index (χ1n) is 12.0. The molecule has 2 aromatic heterocycles. The summed E-state index contributed by atoms with van der Waals surface area (Å²) in [4.78, 5) is 21.3. The van der Waals surface area contributed by atoms with E-state index in [9.17, 15) is 4.79 Å². The third kappa shape index (κ3) is 6.29. The van der Waals surface area contributed by atoms with E-state index < -0.39 is 0 Å². The van der Waals surface area contributed by atoms with Crippen LogP contribution in [-0.4, -0.2) is 73.2 Å². The molecule has 1 fully saturated rings. The summed E-state index contributed by atoms with van der Waals surface area (Å²) in [6.45, 7) is 5.69. The van der Waals surface area contributed by atoms with Crippen LogP contribution in [-0.2, 0) is 13.2 Å². The summed E-state index contributed by atoms with van der Waals surface area (Å²) >= 11 is 5.98. The van der Waals surface area contributed by atoms with Crippen molar-refractivity contribution in [1.82, 2.24) is 20.1 Å². The molecule has 9 nitrogen and oxygen atoms in total. The van der Waals surface area contributed by atoms with Crippen molar-refractivity contribution in [2.45, 2.75) is 19.3 Å². The monoisotopic (exact) mass is 512 g/mol. The highest BCUT2D eigenvalue weighted by atomic mass is 35.5. The zero-order valence-corrected chi connectivity index (χ0v) is 20.9. The third-order valence-corrected chi connectivity index (χ3v) is 6.36. The largest absolute Gasteiger partial charge is 0.489 e. The molecule has 1 saturated heterocycles. The summed E-state index contributed by atoms with van der Waals surface area (Å²) in [6, 6.07) is 10.8. The van der Waals surface area contributed by atoms with Crippen molar-refractivity contribution in [3.63, 3.8) is 0 Å². The normalized spacial score (nSPS) is 18.1. The highest BCUT2D eigenvalue weighted by Crippen LogP contribution is 2.35. The Hall–Kier alpha value is -3.27. The molecule has 1 atom stereocenters. The number of amides is 1. The lowest BCUT2D eigenvalue weighted by molar-refractivity contribution is 0.0767. The Labute approximate surface area is 214 Å². The Bertz CT molecular complexity index is 1190. The number of piperazine rings is 1. The van der Waals surface area contributed by atoms with Crippen molar-refractivity contribution in [1.29, 1.82) is 0 Å². The van der Waals surface area contributed by atoms with E-state index in [1.54, 1.807) is 36.7 Å². The molecule has 3 aromatic rings. The Balaban J connectivity index is 1.11. The number of fused-ring (bicyclic) bond motifs is 1. The maximum absolute atomic E-state index is 12.6. The van der Waals surface area contributed by atoms with Gasteiger partial charge in [0.05, 0.1) is 18.1 Å². The Morgan fingerprint density at radius 1 is 1.14 bits per heavy atom. The van der Waals surface area contributed by atoms with E-state index >= 15 is 0 Å². The quantitative estimate of drug-likeness (QED) is 0.492. The molecule has 0 unspecified atom stereocenters. The molecule has 0 spiro atoms. The lowest BCUT2D eigenvalue weighted by Gasteiger charge is -2.31. The van der Waals surface area contributed by atoms with Gasteiger partial charge in [0.15, 0.2) is 17.3 Å². The second-order valence-corrected chi connectivity index (χ2v) is 9.45. The second kappa shape index (κ2) is 11.2. The minimum Gasteiger partial charge on any atom is -0.489 e. The summed E-state index contributed by atoms with van der Waals surface area (Å²) in [5.74, 6) is 2.63. The Kier molecular flexibility index (Phi) is 7.60. The van der Waals surface area contributed by atoms with Gasteiger partial charge in [-0.05, 0) is 37.4 Å². The van der Waals surface area contributed by atoms with Gasteiger partial charge in [-0.25, -0.2) is 0 Å². The number of hydrogen-bond donors (Lipinski definition) is 1. The molecule has 10 heteroatoms. The standard InChI is InChI=1S/C26H29ClN4O5/c1-30-6-8-31(9-7-30)15-21-3-5-24(35-21)26(32)29-14-22-17-34-23-4-2-20(11-25(23)36-22)33-16-18-10-19(27)13-28-12-18/h2-5,10-13,22H,6-9,14-17H2,1H3,(H,29,32)/t22-/m1/s1. The Morgan fingerprint density at radius 3 is 2.83 bits per heavy atom. The maximum Gasteiger partial charge on any atom is 0.287 e. The van der Waals surface area contributed by atoms with Crippen LogP contribution in [0, 0.1) is 0 Å². The zero-order chi connectivity index (χ0) is 24.9. The van der Waals surface area contributed by atoms with E-state index in [2.05, 4.69) is 27.1 Å². The minimum absolute atomic E-state index is 0.277. The lowest BCUT2D eigenvalue weighted by atomic mass is 10.2. The van der Waals surface area contributed by atoms with Crippen LogP contribution < -0.4 is 19.5 Å². The topological polar surface area (TPSA) is 89.3 Å². The number of hydrogen-bond acceptors (Lipinski definition) is 8. The first-order valence-corrected chi connectivity index (χ1v) is 12.3. The number of aromatic nitrogens is 1. The number of rotatable bonds is 8. The number of benzene rings is 1. The van der Waals surface area contributed by atoms with Gasteiger partial charge in [0, 0.05) is 50.2 Å². The predicted molar refractivity (Wildman–Crippen MR) is 134 cm³/mol. The average molecular weight is 513 g/mol. The predicted octanol–water partition coefficient (Wildman–Crippen LogP) is 3.22. The van der Waals surface area contributed by atoms with E-state index in [-0.39, 0.29) is 18.6 Å². The summed E-state index contributed by atoms with van der Waals surface area (Å²) in [5.41, 5.74) is 0.864. The number of ether oxygens (including phenoxy) is 3. The zero-order valence-electron chi connectivity index (χ0n) is 20.1. The van der Waals surface area contributed by atoms with Crippen LogP contribution in [0.4, 0.5) is 0 Å². The molecular formula is C26H29ClN4O5. The molecule has 0 aliphatic carbocycles. The van der Waals surface area contributed by atoms with Crippen molar-refractivity contribution in [3.8, 4) is 17.2 Å². The van der Waals surface area contributed by atoms with Crippen molar-refractivity contribution < 1.29 is 23.4 Å². The van der Waals surface area contributed by atoms with Gasteiger partial charge in [-0.15, -0.1) is 0 Å². The molecule has 1 N–H and O–H groups in total. The van der Waals surface area contributed by atoms with Crippen LogP contribution in [0.15, 0.2) is 53.2 Å². The number of carbonyl (C=O) groups excluding carboxylic acids is 1. The SMILES string of the molecule is CN1CCN(Cc2ccc(C(=O)NC[C@@H]3COc4ccc(OCc5cncc(Cl)c5)cc4O3)o2)CC1. The number of furan rings is 1. The minimum atomic E-state index is -0.339. The van der Waals surface area contributed by atoms with Gasteiger partial charge in [-0.2, -0.15) is 0 Å². The first kappa shape index (κ1) is 24.4. The van der Waals surface area contributed by atoms with E-state index in [4.69, 9.17) is 30.2 Å². The van der Waals surface area contributed by atoms with Crippen molar-refractivity contribution in [2.24, 2.45) is 0 Å². The third-order valence-electron chi connectivity index (χ3n) is 6.15. The first-order chi connectivity index (χ1) is 17.5. The smallest absolute Gasteiger partial charge is 0.287 e. The number of carbonyl (C=O) groups is 1. The van der Waals surface area contributed by atoms with Crippen LogP contribution in [0.3, 0.4) is 0 Å². The summed E-state index contributed by atoms with van der Waals surface area (Å²) in [5, 5.41) is 3.44. The fraction of sp³-hybridized carbons (Fsp3) is 0.385. The average Bonchev–Trinajstić information content (AvgIpc) is 3.36. The van der Waals surface area contributed by atoms with Gasteiger partial charge in [0.2, 0.25) is 0 Å². The van der Waals surface area contributed by atoms with Crippen molar-refractivity contribution in [2.75, 3.05) is 46.4 Å². The molecule has 1 aromatic carbocycles. The van der Waals surface area contributed by atoms with E-state index in [0.29, 0.717) is 47.8 Å². The van der Waals surface area contributed by atoms with Crippen molar-refractivity contribution >= 4 is 17.5 Å². The lowest BCUT2D eigenvalue weighted by Crippen LogP contribution is -2.43. The van der Waals surface area contributed by atoms with Gasteiger partial charge in [0.25, 0.3) is 5.91 Å². The molecule has 0 radical (unpaired) electrons. The highest BCUT2D eigenvalue weighted by Gasteiger charge is 2.23. The number of likely N-dealkylation sites (N-methyl/N-ethyl adjacent to an activating group) is 1.